The van der Waals surface area contributed by atoms with E-state index < -0.39 is 6.10 Å². The van der Waals surface area contributed by atoms with Gasteiger partial charge in [-0.1, -0.05) is 60.7 Å². The molecule has 1 aromatic heterocycles. The van der Waals surface area contributed by atoms with Crippen LogP contribution in [0.4, 0.5) is 0 Å². The first-order valence-electron chi connectivity index (χ1n) is 11.4. The minimum atomic E-state index is -0.432. The molecule has 160 valence electrons. The third-order valence-corrected chi connectivity index (χ3v) is 6.75. The van der Waals surface area contributed by atoms with Crippen molar-refractivity contribution in [3.8, 4) is 5.88 Å². The van der Waals surface area contributed by atoms with Gasteiger partial charge in [0.2, 0.25) is 5.88 Å². The number of pyridine rings is 1. The predicted octanol–water partition coefficient (Wildman–Crippen LogP) is 4.39. The minimum Gasteiger partial charge on any atom is -0.476 e. The highest BCUT2D eigenvalue weighted by atomic mass is 16.5. The van der Waals surface area contributed by atoms with E-state index in [1.807, 2.05) is 18.3 Å². The number of fused-ring (bicyclic) bond motifs is 1. The molecule has 0 spiro atoms. The van der Waals surface area contributed by atoms with Crippen LogP contribution in [0.25, 0.3) is 0 Å². The van der Waals surface area contributed by atoms with E-state index in [4.69, 9.17) is 4.74 Å². The lowest BCUT2D eigenvalue weighted by Gasteiger charge is -2.38. The lowest BCUT2D eigenvalue weighted by atomic mass is 9.68. The first kappa shape index (κ1) is 20.2. The largest absolute Gasteiger partial charge is 0.476 e. The molecule has 1 aliphatic heterocycles. The van der Waals surface area contributed by atoms with Gasteiger partial charge in [-0.25, -0.2) is 4.98 Å². The quantitative estimate of drug-likeness (QED) is 0.650. The van der Waals surface area contributed by atoms with Crippen molar-refractivity contribution in [2.24, 2.45) is 0 Å². The molecule has 4 heteroatoms. The van der Waals surface area contributed by atoms with E-state index in [2.05, 4.69) is 64.5 Å². The second-order valence-corrected chi connectivity index (χ2v) is 8.71. The molecule has 1 N–H and O–H groups in total. The van der Waals surface area contributed by atoms with Crippen molar-refractivity contribution in [2.45, 2.75) is 37.2 Å². The SMILES string of the molecule is OC1Cc2ccccc2[C@@H](c2ccc(OCCN3CCCC3)nc2)[C@H]1c1ccccc1. The zero-order valence-electron chi connectivity index (χ0n) is 17.9. The smallest absolute Gasteiger partial charge is 0.213 e. The number of hydrogen-bond donors (Lipinski definition) is 1. The highest BCUT2D eigenvalue weighted by Gasteiger charge is 2.37. The van der Waals surface area contributed by atoms with Gasteiger partial charge in [-0.15, -0.1) is 0 Å². The second-order valence-electron chi connectivity index (χ2n) is 8.71. The van der Waals surface area contributed by atoms with Gasteiger partial charge in [0.15, 0.2) is 0 Å². The Hall–Kier alpha value is -2.69. The lowest BCUT2D eigenvalue weighted by molar-refractivity contribution is 0.127. The van der Waals surface area contributed by atoms with E-state index >= 15 is 0 Å². The molecular formula is C27H30N2O2. The van der Waals surface area contributed by atoms with Crippen LogP contribution in [0.15, 0.2) is 72.9 Å². The average molecular weight is 415 g/mol. The number of benzene rings is 2. The Kier molecular flexibility index (Phi) is 6.01. The molecule has 1 unspecified atom stereocenters. The van der Waals surface area contributed by atoms with Gasteiger partial charge >= 0.3 is 0 Å². The number of aromatic nitrogens is 1. The van der Waals surface area contributed by atoms with Crippen molar-refractivity contribution in [3.05, 3.63) is 95.2 Å². The topological polar surface area (TPSA) is 45.6 Å². The van der Waals surface area contributed by atoms with Crippen LogP contribution >= 0.6 is 0 Å². The Morgan fingerprint density at radius 2 is 1.68 bits per heavy atom. The van der Waals surface area contributed by atoms with Gasteiger partial charge < -0.3 is 9.84 Å². The van der Waals surface area contributed by atoms with Crippen molar-refractivity contribution in [3.63, 3.8) is 0 Å². The van der Waals surface area contributed by atoms with Gasteiger partial charge in [-0.05, 0) is 54.6 Å². The molecule has 1 saturated heterocycles. The van der Waals surface area contributed by atoms with Gasteiger partial charge in [0.25, 0.3) is 0 Å². The number of aliphatic hydroxyl groups is 1. The van der Waals surface area contributed by atoms with Crippen LogP contribution in [0.1, 0.15) is 46.9 Å². The van der Waals surface area contributed by atoms with E-state index in [9.17, 15) is 5.11 Å². The maximum Gasteiger partial charge on any atom is 0.213 e. The number of aliphatic hydroxyl groups excluding tert-OH is 1. The number of likely N-dealkylation sites (tertiary alicyclic amines) is 1. The van der Waals surface area contributed by atoms with Crippen molar-refractivity contribution in [1.82, 2.24) is 9.88 Å². The molecule has 2 heterocycles. The Bertz CT molecular complexity index is 984. The lowest BCUT2D eigenvalue weighted by Crippen LogP contribution is -2.32. The number of hydrogen-bond acceptors (Lipinski definition) is 4. The molecule has 2 aromatic carbocycles. The Balaban J connectivity index is 1.40. The maximum atomic E-state index is 11.1. The normalized spacial score (nSPS) is 23.5. The van der Waals surface area contributed by atoms with Crippen LogP contribution < -0.4 is 4.74 Å². The Morgan fingerprint density at radius 3 is 2.45 bits per heavy atom. The third-order valence-electron chi connectivity index (χ3n) is 6.75. The van der Waals surface area contributed by atoms with Gasteiger partial charge in [-0.2, -0.15) is 0 Å². The van der Waals surface area contributed by atoms with Gasteiger partial charge in [0.1, 0.15) is 6.61 Å². The third kappa shape index (κ3) is 4.36. The predicted molar refractivity (Wildman–Crippen MR) is 123 cm³/mol. The minimum absolute atomic E-state index is 0.000153. The van der Waals surface area contributed by atoms with Gasteiger partial charge in [0.05, 0.1) is 6.10 Å². The summed E-state index contributed by atoms with van der Waals surface area (Å²) < 4.78 is 5.91. The summed E-state index contributed by atoms with van der Waals surface area (Å²) in [5.74, 6) is 0.734. The fourth-order valence-electron chi connectivity index (χ4n) is 5.21. The highest BCUT2D eigenvalue weighted by molar-refractivity contribution is 5.45. The van der Waals surface area contributed by atoms with Crippen LogP contribution in [0.2, 0.25) is 0 Å². The molecule has 0 amide bonds. The first-order valence-corrected chi connectivity index (χ1v) is 11.4. The molecule has 0 saturated carbocycles. The van der Waals surface area contributed by atoms with Crippen LogP contribution in [-0.2, 0) is 6.42 Å². The van der Waals surface area contributed by atoms with Crippen LogP contribution in [0, 0.1) is 0 Å². The molecule has 1 fully saturated rings. The first-order chi connectivity index (χ1) is 15.3. The fraction of sp³-hybridized carbons (Fsp3) is 0.370. The van der Waals surface area contributed by atoms with Gasteiger partial charge in [0, 0.05) is 30.6 Å². The van der Waals surface area contributed by atoms with Crippen LogP contribution in [0.5, 0.6) is 5.88 Å². The van der Waals surface area contributed by atoms with E-state index in [0.29, 0.717) is 18.9 Å². The van der Waals surface area contributed by atoms with Crippen molar-refractivity contribution >= 4 is 0 Å². The number of ether oxygens (including phenoxy) is 1. The molecular weight excluding hydrogens is 384 g/mol. The molecule has 3 atom stereocenters. The average Bonchev–Trinajstić information content (AvgIpc) is 3.33. The van der Waals surface area contributed by atoms with Crippen LogP contribution in [0.3, 0.4) is 0 Å². The second kappa shape index (κ2) is 9.21. The van der Waals surface area contributed by atoms with E-state index in [-0.39, 0.29) is 11.8 Å². The highest BCUT2D eigenvalue weighted by Crippen LogP contribution is 2.46. The zero-order chi connectivity index (χ0) is 21.0. The summed E-state index contributed by atoms with van der Waals surface area (Å²) >= 11 is 0. The van der Waals surface area contributed by atoms with Crippen molar-refractivity contribution < 1.29 is 9.84 Å². The van der Waals surface area contributed by atoms with E-state index in [1.54, 1.807) is 0 Å². The molecule has 31 heavy (non-hydrogen) atoms. The van der Waals surface area contributed by atoms with Gasteiger partial charge in [-0.3, -0.25) is 4.90 Å². The molecule has 0 radical (unpaired) electrons. The molecule has 2 aliphatic rings. The Morgan fingerprint density at radius 1 is 0.903 bits per heavy atom. The Labute approximate surface area is 184 Å². The number of rotatable bonds is 6. The molecule has 1 aliphatic carbocycles. The monoisotopic (exact) mass is 414 g/mol. The molecule has 3 aromatic rings. The summed E-state index contributed by atoms with van der Waals surface area (Å²) in [6.07, 6.45) is 4.77. The molecule has 5 rings (SSSR count). The number of nitrogens with zero attached hydrogens (tertiary/aromatic N) is 2. The van der Waals surface area contributed by atoms with Crippen LogP contribution in [-0.4, -0.2) is 47.3 Å². The fourth-order valence-corrected chi connectivity index (χ4v) is 5.21. The molecule has 4 nitrogen and oxygen atoms in total. The summed E-state index contributed by atoms with van der Waals surface area (Å²) in [6, 6.07) is 22.9. The van der Waals surface area contributed by atoms with E-state index in [0.717, 1.165) is 12.1 Å². The summed E-state index contributed by atoms with van der Waals surface area (Å²) in [5.41, 5.74) is 4.79. The standard InChI is InChI=1S/C27H30N2O2/c30-24-18-21-10-4-5-11-23(21)26(27(24)20-8-2-1-3-9-20)22-12-13-25(28-19-22)31-17-16-29-14-6-7-15-29/h1-5,8-13,19,24,26-27,30H,6-7,14-18H2/t24?,26-,27+/m1/s1. The van der Waals surface area contributed by atoms with Crippen molar-refractivity contribution in [2.75, 3.05) is 26.2 Å². The summed E-state index contributed by atoms with van der Waals surface area (Å²) in [6.45, 7) is 3.99. The summed E-state index contributed by atoms with van der Waals surface area (Å²) in [5, 5.41) is 11.1. The molecule has 0 bridgehead atoms. The van der Waals surface area contributed by atoms with Crippen molar-refractivity contribution in [1.29, 1.82) is 0 Å². The summed E-state index contributed by atoms with van der Waals surface area (Å²) in [4.78, 5) is 7.07. The van der Waals surface area contributed by atoms with E-state index in [1.165, 1.54) is 42.6 Å². The zero-order valence-corrected chi connectivity index (χ0v) is 17.9. The summed E-state index contributed by atoms with van der Waals surface area (Å²) in [7, 11) is 0. The maximum absolute atomic E-state index is 11.1.